The number of benzene rings is 1. The van der Waals surface area contributed by atoms with Crippen molar-refractivity contribution in [2.75, 3.05) is 19.9 Å². The first kappa shape index (κ1) is 24.2. The maximum Gasteiger partial charge on any atom is 0.345 e. The van der Waals surface area contributed by atoms with Crippen LogP contribution in [0.4, 0.5) is 0 Å². The van der Waals surface area contributed by atoms with Gasteiger partial charge >= 0.3 is 11.9 Å². The third-order valence-electron chi connectivity index (χ3n) is 4.63. The Bertz CT molecular complexity index is 966. The molecule has 0 bridgehead atoms. The largest absolute Gasteiger partial charge is 0.507 e. The summed E-state index contributed by atoms with van der Waals surface area (Å²) in [6.45, 7) is 8.90. The molecule has 0 saturated carbocycles. The van der Waals surface area contributed by atoms with Crippen LogP contribution in [-0.4, -0.2) is 63.5 Å². The normalized spacial score (nSPS) is 15.9. The first-order chi connectivity index (χ1) is 13.6. The minimum absolute atomic E-state index is 0.00398. The molecule has 0 aliphatic carbocycles. The van der Waals surface area contributed by atoms with E-state index in [0.29, 0.717) is 6.04 Å². The molecule has 30 heavy (non-hydrogen) atoms. The average molecular weight is 460 g/mol. The molecule has 0 unspecified atom stereocenters. The lowest BCUT2D eigenvalue weighted by molar-refractivity contribution is -0.127. The Labute approximate surface area is 178 Å². The predicted octanol–water partition coefficient (Wildman–Crippen LogP) is 2.56. The molecule has 168 valence electrons. The van der Waals surface area contributed by atoms with Gasteiger partial charge in [0.05, 0.1) is 12.9 Å². The van der Waals surface area contributed by atoms with Gasteiger partial charge in [0.15, 0.2) is 0 Å². The number of nitrogens with zero attached hydrogens (tertiary/aromatic N) is 1. The minimum Gasteiger partial charge on any atom is -0.507 e. The highest BCUT2D eigenvalue weighted by atomic mass is 32.2. The summed E-state index contributed by atoms with van der Waals surface area (Å²) in [4.78, 5) is 25.0. The Kier molecular flexibility index (Phi) is 6.60. The zero-order valence-electron chi connectivity index (χ0n) is 18.4. The highest BCUT2D eigenvalue weighted by Crippen LogP contribution is 2.40. The van der Waals surface area contributed by atoms with E-state index in [1.54, 1.807) is 0 Å². The monoisotopic (exact) mass is 459 g/mol. The van der Waals surface area contributed by atoms with Crippen LogP contribution < -0.4 is 4.74 Å². The van der Waals surface area contributed by atoms with Crippen molar-refractivity contribution in [1.82, 2.24) is 4.31 Å². The van der Waals surface area contributed by atoms with Crippen LogP contribution in [0.1, 0.15) is 40.1 Å². The van der Waals surface area contributed by atoms with E-state index in [2.05, 4.69) is 19.6 Å². The van der Waals surface area contributed by atoms with Gasteiger partial charge in [-0.05, 0) is 6.04 Å². The van der Waals surface area contributed by atoms with Crippen LogP contribution in [0.5, 0.6) is 11.5 Å². The second kappa shape index (κ2) is 8.20. The average Bonchev–Trinajstić information content (AvgIpc) is 2.57. The molecule has 1 aliphatic heterocycles. The molecule has 0 aromatic heterocycles. The van der Waals surface area contributed by atoms with E-state index in [1.807, 2.05) is 0 Å². The number of phenols is 1. The minimum atomic E-state index is -3.68. The molecule has 1 aliphatic rings. The van der Waals surface area contributed by atoms with Gasteiger partial charge in [-0.1, -0.05) is 19.6 Å². The highest BCUT2D eigenvalue weighted by Gasteiger charge is 2.39. The number of rotatable bonds is 7. The number of hydrogen-bond donors (Lipinski definition) is 1. The zero-order chi connectivity index (χ0) is 23.1. The fraction of sp³-hybridized carbons (Fsp3) is 0.579. The van der Waals surface area contributed by atoms with Gasteiger partial charge in [0.25, 0.3) is 0 Å². The molecule has 0 fully saturated rings. The number of phenolic OH excluding ortho intramolecular Hbond substituents is 1. The van der Waals surface area contributed by atoms with Crippen molar-refractivity contribution in [1.29, 1.82) is 0 Å². The van der Waals surface area contributed by atoms with Crippen molar-refractivity contribution in [3.8, 4) is 11.5 Å². The lowest BCUT2D eigenvalue weighted by atomic mass is 9.97. The van der Waals surface area contributed by atoms with Crippen LogP contribution >= 0.6 is 0 Å². The van der Waals surface area contributed by atoms with E-state index in [1.165, 1.54) is 20.9 Å². The lowest BCUT2D eigenvalue weighted by Gasteiger charge is -2.33. The Hall–Kier alpha value is -2.11. The molecule has 11 heteroatoms. The Morgan fingerprint density at radius 2 is 1.87 bits per heavy atom. The van der Waals surface area contributed by atoms with Crippen LogP contribution in [0, 0.1) is 0 Å². The topological polar surface area (TPSA) is 119 Å². The number of cyclic esters (lactones) is 1. The van der Waals surface area contributed by atoms with Gasteiger partial charge in [0, 0.05) is 47.1 Å². The number of fused-ring (bicyclic) bond motifs is 1. The molecule has 1 heterocycles. The molecular weight excluding hydrogens is 430 g/mol. The zero-order valence-corrected chi connectivity index (χ0v) is 20.2. The number of esters is 2. The van der Waals surface area contributed by atoms with Gasteiger partial charge < -0.3 is 19.3 Å². The highest BCUT2D eigenvalue weighted by molar-refractivity contribution is 7.89. The van der Waals surface area contributed by atoms with Crippen LogP contribution in [-0.2, 0) is 26.0 Å². The maximum atomic E-state index is 12.8. The number of methoxy groups -OCH3 is 1. The molecule has 0 radical (unpaired) electrons. The van der Waals surface area contributed by atoms with E-state index < -0.39 is 41.6 Å². The lowest BCUT2D eigenvalue weighted by Crippen LogP contribution is -2.40. The molecule has 1 aromatic rings. The number of carbonyl (C=O) groups is 2. The molecular formula is C19H29NO8SSi. The van der Waals surface area contributed by atoms with E-state index in [0.717, 1.165) is 17.5 Å². The molecule has 0 spiro atoms. The van der Waals surface area contributed by atoms with Crippen LogP contribution in [0.25, 0.3) is 0 Å². The quantitative estimate of drug-likeness (QED) is 0.488. The summed E-state index contributed by atoms with van der Waals surface area (Å²) in [5, 5.41) is 10.4. The van der Waals surface area contributed by atoms with Gasteiger partial charge in [-0.2, -0.15) is 0 Å². The maximum absolute atomic E-state index is 12.8. The van der Waals surface area contributed by atoms with Crippen LogP contribution in [0.2, 0.25) is 25.7 Å². The second-order valence-electron chi connectivity index (χ2n) is 8.89. The molecule has 0 amide bonds. The molecule has 1 N–H and O–H groups in total. The Morgan fingerprint density at radius 1 is 1.27 bits per heavy atom. The van der Waals surface area contributed by atoms with Crippen molar-refractivity contribution < 1.29 is 37.3 Å². The van der Waals surface area contributed by atoms with Crippen molar-refractivity contribution in [2.24, 2.45) is 0 Å². The summed E-state index contributed by atoms with van der Waals surface area (Å²) < 4.78 is 42.2. The van der Waals surface area contributed by atoms with E-state index in [-0.39, 0.29) is 34.7 Å². The number of ether oxygens (including phenoxy) is 3. The fourth-order valence-corrected chi connectivity index (χ4v) is 7.08. The van der Waals surface area contributed by atoms with Crippen molar-refractivity contribution in [3.63, 3.8) is 0 Å². The number of hydrogen-bond acceptors (Lipinski definition) is 8. The summed E-state index contributed by atoms with van der Waals surface area (Å²) in [6.07, 6.45) is 0. The Balaban J connectivity index is 2.56. The van der Waals surface area contributed by atoms with E-state index >= 15 is 0 Å². The summed E-state index contributed by atoms with van der Waals surface area (Å²) in [5.74, 6) is -3.50. The molecule has 0 saturated heterocycles. The summed E-state index contributed by atoms with van der Waals surface area (Å²) in [6, 6.07) is 1.69. The van der Waals surface area contributed by atoms with Gasteiger partial charge in [0.2, 0.25) is 15.8 Å². The summed E-state index contributed by atoms with van der Waals surface area (Å²) in [5.41, 5.74) is -0.444. The second-order valence-corrected chi connectivity index (χ2v) is 16.7. The SMILES string of the molecule is COC(=O)c1c(O)cc2c(c1CN(C)S(=O)(=O)CC[Si](C)(C)C)C(=O)OC(C)(C)O2. The van der Waals surface area contributed by atoms with Gasteiger partial charge in [-0.3, -0.25) is 0 Å². The first-order valence-electron chi connectivity index (χ1n) is 9.41. The standard InChI is InChI=1S/C19H29NO8SSi/c1-19(2)27-14-10-13(21)15(17(22)26-4)12(16(14)18(23)28-19)11-20(3)29(24,25)8-9-30(5,6)7/h10,21H,8-9,11H2,1-7H3. The first-order valence-corrected chi connectivity index (χ1v) is 14.7. The number of sulfonamides is 1. The Morgan fingerprint density at radius 3 is 2.40 bits per heavy atom. The van der Waals surface area contributed by atoms with Crippen molar-refractivity contribution in [3.05, 3.63) is 22.8 Å². The molecule has 9 nitrogen and oxygen atoms in total. The fourth-order valence-electron chi connectivity index (χ4n) is 2.96. The molecule has 0 atom stereocenters. The van der Waals surface area contributed by atoms with Gasteiger partial charge in [-0.25, -0.2) is 22.3 Å². The smallest absolute Gasteiger partial charge is 0.345 e. The predicted molar refractivity (Wildman–Crippen MR) is 113 cm³/mol. The molecule has 2 rings (SSSR count). The van der Waals surface area contributed by atoms with Crippen LogP contribution in [0.15, 0.2) is 6.07 Å². The summed E-state index contributed by atoms with van der Waals surface area (Å²) in [7, 11) is -2.81. The van der Waals surface area contributed by atoms with E-state index in [9.17, 15) is 23.1 Å². The van der Waals surface area contributed by atoms with Crippen molar-refractivity contribution in [2.45, 2.75) is 51.9 Å². The number of aromatic hydroxyl groups is 1. The number of carbonyl (C=O) groups excluding carboxylic acids is 2. The van der Waals surface area contributed by atoms with Gasteiger partial charge in [-0.15, -0.1) is 0 Å². The van der Waals surface area contributed by atoms with Crippen LogP contribution in [0.3, 0.4) is 0 Å². The third kappa shape index (κ3) is 5.32. The summed E-state index contributed by atoms with van der Waals surface area (Å²) >= 11 is 0. The van der Waals surface area contributed by atoms with Crippen molar-refractivity contribution >= 4 is 30.0 Å². The van der Waals surface area contributed by atoms with Gasteiger partial charge in [0.1, 0.15) is 22.6 Å². The third-order valence-corrected chi connectivity index (χ3v) is 8.54. The van der Waals surface area contributed by atoms with E-state index in [4.69, 9.17) is 14.2 Å². The molecule has 1 aromatic carbocycles.